The zero-order valence-electron chi connectivity index (χ0n) is 20.6. The van der Waals surface area contributed by atoms with Crippen LogP contribution < -0.4 is 22.1 Å². The first-order valence-electron chi connectivity index (χ1n) is 12.3. The van der Waals surface area contributed by atoms with E-state index in [9.17, 15) is 24.3 Å². The molecule has 0 bridgehead atoms. The number of amides is 3. The van der Waals surface area contributed by atoms with Gasteiger partial charge in [-0.25, -0.2) is 14.8 Å². The van der Waals surface area contributed by atoms with Crippen molar-refractivity contribution in [1.29, 1.82) is 0 Å². The third-order valence-corrected chi connectivity index (χ3v) is 6.33. The number of carbonyl (C=O) groups excluding carboxylic acids is 3. The molecule has 3 amide bonds. The molecule has 37 heavy (non-hydrogen) atoms. The van der Waals surface area contributed by atoms with Crippen molar-refractivity contribution in [3.63, 3.8) is 0 Å². The molecule has 0 spiro atoms. The Bertz CT molecular complexity index is 1030. The van der Waals surface area contributed by atoms with Crippen LogP contribution in [0.5, 0.6) is 0 Å². The quantitative estimate of drug-likeness (QED) is 0.143. The first-order chi connectivity index (χ1) is 17.8. The Morgan fingerprint density at radius 2 is 1.70 bits per heavy atom. The highest BCUT2D eigenvalue weighted by atomic mass is 16.4. The van der Waals surface area contributed by atoms with Crippen molar-refractivity contribution in [3.8, 4) is 0 Å². The van der Waals surface area contributed by atoms with Gasteiger partial charge in [-0.15, -0.1) is 0 Å². The molecule has 1 aliphatic heterocycles. The molecule has 0 aliphatic carbocycles. The van der Waals surface area contributed by atoms with Gasteiger partial charge in [0, 0.05) is 43.2 Å². The van der Waals surface area contributed by atoms with Crippen LogP contribution in [0, 0.1) is 0 Å². The molecule has 4 unspecified atom stereocenters. The Morgan fingerprint density at radius 3 is 2.27 bits per heavy atom. The summed E-state index contributed by atoms with van der Waals surface area (Å²) in [5, 5.41) is 14.9. The van der Waals surface area contributed by atoms with Crippen molar-refractivity contribution in [2.24, 2.45) is 11.5 Å². The van der Waals surface area contributed by atoms with Gasteiger partial charge in [-0.3, -0.25) is 14.4 Å². The first-order valence-corrected chi connectivity index (χ1v) is 12.3. The van der Waals surface area contributed by atoms with Crippen LogP contribution in [0.15, 0.2) is 25.0 Å². The minimum Gasteiger partial charge on any atom is -0.480 e. The number of nitrogens with zero attached hydrogens (tertiary/aromatic N) is 3. The molecule has 4 atom stereocenters. The van der Waals surface area contributed by atoms with Crippen molar-refractivity contribution < 1.29 is 24.3 Å². The van der Waals surface area contributed by atoms with Gasteiger partial charge < -0.3 is 42.1 Å². The molecular weight excluding hydrogens is 482 g/mol. The minimum atomic E-state index is -1.20. The van der Waals surface area contributed by atoms with E-state index >= 15 is 0 Å². The number of rotatable bonds is 14. The minimum absolute atomic E-state index is 0.0162. The molecular formula is C23H35N9O5. The predicted octanol–water partition coefficient (Wildman–Crippen LogP) is -1.58. The van der Waals surface area contributed by atoms with Crippen LogP contribution in [-0.2, 0) is 32.0 Å². The molecule has 3 rings (SSSR count). The second-order valence-electron chi connectivity index (χ2n) is 9.10. The van der Waals surface area contributed by atoms with Crippen LogP contribution in [0.1, 0.15) is 43.5 Å². The molecule has 0 saturated carbocycles. The number of carboxylic acids is 1. The number of aliphatic carboxylic acids is 1. The normalized spacial score (nSPS) is 17.7. The molecule has 1 fully saturated rings. The van der Waals surface area contributed by atoms with E-state index in [0.717, 1.165) is 6.42 Å². The number of hydrogen-bond donors (Lipinski definition) is 7. The zero-order chi connectivity index (χ0) is 26.8. The molecule has 1 aliphatic rings. The maximum atomic E-state index is 13.6. The Kier molecular flexibility index (Phi) is 10.1. The first kappa shape index (κ1) is 27.8. The number of imidazole rings is 2. The maximum absolute atomic E-state index is 13.6. The molecule has 0 aromatic carbocycles. The lowest BCUT2D eigenvalue weighted by Gasteiger charge is -2.30. The van der Waals surface area contributed by atoms with Crippen molar-refractivity contribution in [1.82, 2.24) is 35.5 Å². The molecule has 3 heterocycles. The third-order valence-electron chi connectivity index (χ3n) is 6.33. The van der Waals surface area contributed by atoms with E-state index in [0.29, 0.717) is 50.2 Å². The Balaban J connectivity index is 1.70. The van der Waals surface area contributed by atoms with Crippen molar-refractivity contribution in [3.05, 3.63) is 36.4 Å². The summed E-state index contributed by atoms with van der Waals surface area (Å²) < 4.78 is 0. The second kappa shape index (κ2) is 13.5. The highest BCUT2D eigenvalue weighted by Gasteiger charge is 2.39. The standard InChI is InChI=1S/C23H35N9O5/c24-6-2-1-4-16(25)20(33)30-17(8-14-10-26-12-28-14)22(35)32-7-3-5-19(32)21(34)31-18(23(36)37)9-15-11-27-13-29-15/h10-13,16-19H,1-9,24-25H2,(H,26,28)(H,27,29)(H,30,33)(H,31,34)(H,36,37). The summed E-state index contributed by atoms with van der Waals surface area (Å²) in [5.41, 5.74) is 12.7. The number of likely N-dealkylation sites (tertiary alicyclic amines) is 1. The SMILES string of the molecule is NCCCCC(N)C(=O)NC(Cc1cnc[nH]1)C(=O)N1CCCC1C(=O)NC(Cc1cnc[nH]1)C(=O)O. The Labute approximate surface area is 214 Å². The number of unbranched alkanes of at least 4 members (excludes halogenated alkanes) is 1. The van der Waals surface area contributed by atoms with Crippen LogP contribution in [0.3, 0.4) is 0 Å². The number of nitrogens with one attached hydrogen (secondary N) is 4. The molecule has 1 saturated heterocycles. The number of nitrogens with two attached hydrogens (primary N) is 2. The molecule has 9 N–H and O–H groups in total. The van der Waals surface area contributed by atoms with Gasteiger partial charge in [0.1, 0.15) is 18.1 Å². The molecule has 202 valence electrons. The molecule has 2 aromatic heterocycles. The van der Waals surface area contributed by atoms with Crippen LogP contribution in [0.4, 0.5) is 0 Å². The van der Waals surface area contributed by atoms with Gasteiger partial charge in [0.15, 0.2) is 0 Å². The largest absolute Gasteiger partial charge is 0.480 e. The highest BCUT2D eigenvalue weighted by Crippen LogP contribution is 2.20. The molecule has 14 nitrogen and oxygen atoms in total. The third kappa shape index (κ3) is 7.85. The molecule has 2 aromatic rings. The van der Waals surface area contributed by atoms with E-state index < -0.39 is 47.9 Å². The van der Waals surface area contributed by atoms with Crippen molar-refractivity contribution in [2.45, 2.75) is 69.1 Å². The second-order valence-corrected chi connectivity index (χ2v) is 9.10. The summed E-state index contributed by atoms with van der Waals surface area (Å²) in [7, 11) is 0. The lowest BCUT2D eigenvalue weighted by molar-refractivity contribution is -0.145. The fraction of sp³-hybridized carbons (Fsp3) is 0.565. The van der Waals surface area contributed by atoms with E-state index in [1.807, 2.05) is 0 Å². The summed E-state index contributed by atoms with van der Waals surface area (Å²) in [5.74, 6) is -2.69. The highest BCUT2D eigenvalue weighted by molar-refractivity contribution is 5.94. The van der Waals surface area contributed by atoms with Gasteiger partial charge in [0.2, 0.25) is 17.7 Å². The zero-order valence-corrected chi connectivity index (χ0v) is 20.6. The Hall–Kier alpha value is -3.78. The van der Waals surface area contributed by atoms with Gasteiger partial charge >= 0.3 is 5.97 Å². The molecule has 0 radical (unpaired) electrons. The monoisotopic (exact) mass is 517 g/mol. The van der Waals surface area contributed by atoms with Crippen LogP contribution in [0.25, 0.3) is 0 Å². The van der Waals surface area contributed by atoms with Gasteiger partial charge in [0.05, 0.1) is 18.7 Å². The summed E-state index contributed by atoms with van der Waals surface area (Å²) in [6.45, 7) is 0.797. The van der Waals surface area contributed by atoms with Gasteiger partial charge in [0.25, 0.3) is 0 Å². The lowest BCUT2D eigenvalue weighted by Crippen LogP contribution is -2.57. The number of H-pyrrole nitrogens is 2. The van der Waals surface area contributed by atoms with Gasteiger partial charge in [-0.05, 0) is 32.2 Å². The summed E-state index contributed by atoms with van der Waals surface area (Å²) in [4.78, 5) is 66.2. The van der Waals surface area contributed by atoms with Crippen molar-refractivity contribution >= 4 is 23.7 Å². The summed E-state index contributed by atoms with van der Waals surface area (Å²) >= 11 is 0. The fourth-order valence-electron chi connectivity index (χ4n) is 4.32. The number of aromatic nitrogens is 4. The van der Waals surface area contributed by atoms with E-state index in [1.54, 1.807) is 6.20 Å². The smallest absolute Gasteiger partial charge is 0.326 e. The fourth-order valence-corrected chi connectivity index (χ4v) is 4.32. The summed E-state index contributed by atoms with van der Waals surface area (Å²) in [6.07, 6.45) is 8.84. The van der Waals surface area contributed by atoms with E-state index in [-0.39, 0.29) is 12.8 Å². The average molecular weight is 518 g/mol. The van der Waals surface area contributed by atoms with E-state index in [2.05, 4.69) is 30.6 Å². The van der Waals surface area contributed by atoms with Gasteiger partial charge in [-0.1, -0.05) is 6.42 Å². The lowest BCUT2D eigenvalue weighted by atomic mass is 10.1. The van der Waals surface area contributed by atoms with E-state index in [4.69, 9.17) is 11.5 Å². The van der Waals surface area contributed by atoms with Crippen LogP contribution in [0.2, 0.25) is 0 Å². The van der Waals surface area contributed by atoms with Gasteiger partial charge in [-0.2, -0.15) is 0 Å². The number of hydrogen-bond acceptors (Lipinski definition) is 8. The predicted molar refractivity (Wildman–Crippen MR) is 132 cm³/mol. The number of carboxylic acid groups (broad SMARTS) is 1. The van der Waals surface area contributed by atoms with Crippen LogP contribution >= 0.6 is 0 Å². The summed E-state index contributed by atoms with van der Waals surface area (Å²) in [6, 6.07) is -3.85. The maximum Gasteiger partial charge on any atom is 0.326 e. The number of aromatic amines is 2. The van der Waals surface area contributed by atoms with E-state index in [1.165, 1.54) is 23.8 Å². The number of carbonyl (C=O) groups is 4. The van der Waals surface area contributed by atoms with Crippen LogP contribution in [-0.4, -0.2) is 90.9 Å². The topological polar surface area (TPSA) is 225 Å². The Morgan fingerprint density at radius 1 is 1.05 bits per heavy atom. The molecule has 14 heteroatoms. The van der Waals surface area contributed by atoms with Crippen molar-refractivity contribution in [2.75, 3.05) is 13.1 Å². The average Bonchev–Trinajstić information content (AvgIpc) is 3.65.